The monoisotopic (exact) mass is 201 g/mol. The second-order valence-corrected chi connectivity index (χ2v) is 3.67. The molecule has 1 aliphatic rings. The number of esters is 1. The number of nitrogens with one attached hydrogen (secondary N) is 1. The molecule has 0 aromatic heterocycles. The lowest BCUT2D eigenvalue weighted by atomic mass is 10.1. The minimum absolute atomic E-state index is 0.209. The van der Waals surface area contributed by atoms with Crippen LogP contribution in [0.2, 0.25) is 0 Å². The Morgan fingerprint density at radius 3 is 3.00 bits per heavy atom. The smallest absolute Gasteiger partial charge is 0.319 e. The summed E-state index contributed by atoms with van der Waals surface area (Å²) in [5, 5.41) is 12.2. The first kappa shape index (κ1) is 11.5. The lowest BCUT2D eigenvalue weighted by molar-refractivity contribution is -0.142. The number of aliphatic hydroxyl groups is 1. The van der Waals surface area contributed by atoms with Crippen LogP contribution in [0.15, 0.2) is 0 Å². The molecular formula is C10H19NO3. The maximum atomic E-state index is 11.0. The molecule has 2 unspecified atom stereocenters. The summed E-state index contributed by atoms with van der Waals surface area (Å²) in [4.78, 5) is 11.0. The van der Waals surface area contributed by atoms with Crippen LogP contribution < -0.4 is 5.32 Å². The second-order valence-electron chi connectivity index (χ2n) is 3.67. The molecule has 0 radical (unpaired) electrons. The maximum Gasteiger partial charge on any atom is 0.319 e. The highest BCUT2D eigenvalue weighted by atomic mass is 16.5. The van der Waals surface area contributed by atoms with E-state index >= 15 is 0 Å². The van der Waals surface area contributed by atoms with E-state index in [1.165, 1.54) is 0 Å². The zero-order valence-corrected chi connectivity index (χ0v) is 8.66. The molecule has 2 atom stereocenters. The van der Waals surface area contributed by atoms with Crippen LogP contribution in [0.4, 0.5) is 0 Å². The van der Waals surface area contributed by atoms with Crippen molar-refractivity contribution in [1.29, 1.82) is 0 Å². The Balaban J connectivity index is 2.20. The molecule has 0 aliphatic heterocycles. The zero-order valence-electron chi connectivity index (χ0n) is 8.66. The van der Waals surface area contributed by atoms with Gasteiger partial charge in [0.2, 0.25) is 0 Å². The number of hydrogen-bond acceptors (Lipinski definition) is 4. The van der Waals surface area contributed by atoms with Crippen LogP contribution in [0.3, 0.4) is 0 Å². The average molecular weight is 201 g/mol. The third-order valence-corrected chi connectivity index (χ3v) is 2.71. The highest BCUT2D eigenvalue weighted by Crippen LogP contribution is 2.24. The number of hydrogen-bond donors (Lipinski definition) is 2. The predicted molar refractivity (Wildman–Crippen MR) is 52.9 cm³/mol. The van der Waals surface area contributed by atoms with Crippen molar-refractivity contribution >= 4 is 5.97 Å². The number of rotatable bonds is 5. The molecule has 1 aliphatic carbocycles. The van der Waals surface area contributed by atoms with Gasteiger partial charge < -0.3 is 15.2 Å². The van der Waals surface area contributed by atoms with Crippen LogP contribution in [0.5, 0.6) is 0 Å². The largest absolute Gasteiger partial charge is 0.465 e. The molecule has 0 bridgehead atoms. The Morgan fingerprint density at radius 1 is 1.57 bits per heavy atom. The van der Waals surface area contributed by atoms with Gasteiger partial charge in [0.25, 0.3) is 0 Å². The van der Waals surface area contributed by atoms with Gasteiger partial charge in [-0.2, -0.15) is 0 Å². The first-order valence-corrected chi connectivity index (χ1v) is 5.27. The lowest BCUT2D eigenvalue weighted by Gasteiger charge is -2.18. The molecule has 1 saturated carbocycles. The molecule has 0 aromatic carbocycles. The molecule has 4 heteroatoms. The van der Waals surface area contributed by atoms with Crippen molar-refractivity contribution in [1.82, 2.24) is 5.32 Å². The summed E-state index contributed by atoms with van der Waals surface area (Å²) in [6, 6.07) is 0.282. The number of ether oxygens (including phenoxy) is 1. The van der Waals surface area contributed by atoms with E-state index < -0.39 is 0 Å². The predicted octanol–water partition coefficient (Wildman–Crippen LogP) is 0.300. The van der Waals surface area contributed by atoms with E-state index in [1.54, 1.807) is 6.92 Å². The Hall–Kier alpha value is -0.610. The summed E-state index contributed by atoms with van der Waals surface area (Å²) in [7, 11) is 0. The molecule has 1 fully saturated rings. The number of aliphatic hydroxyl groups excluding tert-OH is 1. The van der Waals surface area contributed by atoms with E-state index in [-0.39, 0.29) is 25.2 Å². The summed E-state index contributed by atoms with van der Waals surface area (Å²) in [5.74, 6) is 0.0977. The molecule has 2 N–H and O–H groups in total. The Kier molecular flexibility index (Phi) is 4.90. The SMILES string of the molecule is CCOC(=O)CNC1CCCC1CO. The fraction of sp³-hybridized carbons (Fsp3) is 0.900. The van der Waals surface area contributed by atoms with Crippen molar-refractivity contribution < 1.29 is 14.6 Å². The van der Waals surface area contributed by atoms with Gasteiger partial charge in [-0.25, -0.2) is 0 Å². The fourth-order valence-corrected chi connectivity index (χ4v) is 1.95. The van der Waals surface area contributed by atoms with E-state index in [4.69, 9.17) is 9.84 Å². The molecular weight excluding hydrogens is 182 g/mol. The first-order valence-electron chi connectivity index (χ1n) is 5.27. The van der Waals surface area contributed by atoms with Gasteiger partial charge in [0.05, 0.1) is 13.2 Å². The van der Waals surface area contributed by atoms with Gasteiger partial charge in [-0.3, -0.25) is 4.79 Å². The van der Waals surface area contributed by atoms with Crippen molar-refractivity contribution in [3.05, 3.63) is 0 Å². The number of carbonyl (C=O) groups excluding carboxylic acids is 1. The van der Waals surface area contributed by atoms with E-state index in [1.807, 2.05) is 0 Å². The molecule has 0 heterocycles. The lowest BCUT2D eigenvalue weighted by Crippen LogP contribution is -2.38. The van der Waals surface area contributed by atoms with Gasteiger partial charge in [-0.15, -0.1) is 0 Å². The van der Waals surface area contributed by atoms with Crippen molar-refractivity contribution in [3.63, 3.8) is 0 Å². The summed E-state index contributed by atoms with van der Waals surface area (Å²) in [5.41, 5.74) is 0. The minimum Gasteiger partial charge on any atom is -0.465 e. The van der Waals surface area contributed by atoms with Crippen LogP contribution in [0.1, 0.15) is 26.2 Å². The highest BCUT2D eigenvalue weighted by molar-refractivity contribution is 5.71. The van der Waals surface area contributed by atoms with E-state index in [9.17, 15) is 4.79 Å². The molecule has 0 amide bonds. The van der Waals surface area contributed by atoms with Gasteiger partial charge in [-0.1, -0.05) is 6.42 Å². The van der Waals surface area contributed by atoms with Crippen LogP contribution in [0.25, 0.3) is 0 Å². The fourth-order valence-electron chi connectivity index (χ4n) is 1.95. The van der Waals surface area contributed by atoms with Crippen molar-refractivity contribution in [2.75, 3.05) is 19.8 Å². The number of carbonyl (C=O) groups is 1. The topological polar surface area (TPSA) is 58.6 Å². The molecule has 0 aromatic rings. The van der Waals surface area contributed by atoms with Gasteiger partial charge >= 0.3 is 5.97 Å². The van der Waals surface area contributed by atoms with Crippen LogP contribution >= 0.6 is 0 Å². The molecule has 0 spiro atoms. The zero-order chi connectivity index (χ0) is 10.4. The molecule has 4 nitrogen and oxygen atoms in total. The Bertz CT molecular complexity index is 184. The van der Waals surface area contributed by atoms with Crippen molar-refractivity contribution in [2.45, 2.75) is 32.2 Å². The van der Waals surface area contributed by atoms with Crippen LogP contribution in [-0.4, -0.2) is 36.9 Å². The maximum absolute atomic E-state index is 11.0. The van der Waals surface area contributed by atoms with Crippen LogP contribution in [0, 0.1) is 5.92 Å². The highest BCUT2D eigenvalue weighted by Gasteiger charge is 2.26. The van der Waals surface area contributed by atoms with Crippen LogP contribution in [-0.2, 0) is 9.53 Å². The molecule has 1 rings (SSSR count). The summed E-state index contributed by atoms with van der Waals surface area (Å²) in [6.07, 6.45) is 3.23. The van der Waals surface area contributed by atoms with E-state index in [2.05, 4.69) is 5.32 Å². The average Bonchev–Trinajstić information content (AvgIpc) is 2.62. The van der Waals surface area contributed by atoms with Gasteiger partial charge in [0.1, 0.15) is 0 Å². The summed E-state index contributed by atoms with van der Waals surface area (Å²) < 4.78 is 4.81. The quantitative estimate of drug-likeness (QED) is 0.628. The first-order chi connectivity index (χ1) is 6.77. The molecule has 14 heavy (non-hydrogen) atoms. The van der Waals surface area contributed by atoms with E-state index in [0.29, 0.717) is 12.5 Å². The standard InChI is InChI=1S/C10H19NO3/c1-2-14-10(13)6-11-9-5-3-4-8(9)7-12/h8-9,11-12H,2-7H2,1H3. The van der Waals surface area contributed by atoms with Gasteiger partial charge in [0.15, 0.2) is 0 Å². The Morgan fingerprint density at radius 2 is 2.36 bits per heavy atom. The minimum atomic E-state index is -0.212. The second kappa shape index (κ2) is 5.98. The van der Waals surface area contributed by atoms with Gasteiger partial charge in [0, 0.05) is 12.6 Å². The normalized spacial score (nSPS) is 26.4. The van der Waals surface area contributed by atoms with E-state index in [0.717, 1.165) is 19.3 Å². The summed E-state index contributed by atoms with van der Waals surface area (Å²) >= 11 is 0. The van der Waals surface area contributed by atoms with Gasteiger partial charge in [-0.05, 0) is 25.7 Å². The van der Waals surface area contributed by atoms with Crippen molar-refractivity contribution in [2.24, 2.45) is 5.92 Å². The third kappa shape index (κ3) is 3.27. The summed E-state index contributed by atoms with van der Waals surface area (Å²) in [6.45, 7) is 2.69. The molecule has 82 valence electrons. The third-order valence-electron chi connectivity index (χ3n) is 2.71. The van der Waals surface area contributed by atoms with Crippen molar-refractivity contribution in [3.8, 4) is 0 Å². The Labute approximate surface area is 84.6 Å². The molecule has 0 saturated heterocycles.